The van der Waals surface area contributed by atoms with E-state index in [0.29, 0.717) is 11.5 Å². The van der Waals surface area contributed by atoms with E-state index in [9.17, 15) is 0 Å². The van der Waals surface area contributed by atoms with E-state index < -0.39 is 0 Å². The predicted octanol–water partition coefficient (Wildman–Crippen LogP) is 4.08. The number of nitrogens with zero attached hydrogens (tertiary/aromatic N) is 6. The summed E-state index contributed by atoms with van der Waals surface area (Å²) < 4.78 is 6.20. The lowest BCUT2D eigenvalue weighted by Crippen LogP contribution is -2.34. The number of aromatic nitrogens is 7. The SMILES string of the molecule is c1ncc(-c2ccc3[nH]nc(-c4nc5c(N6CCCCC6)cncc5[nH]4)c3n2)cc1OC1CCNCC1. The Balaban J connectivity index is 1.23. The number of H-pyrrole nitrogens is 2. The van der Waals surface area contributed by atoms with Crippen LogP contribution < -0.4 is 15.0 Å². The van der Waals surface area contributed by atoms with Crippen molar-refractivity contribution >= 4 is 27.8 Å². The maximum absolute atomic E-state index is 6.20. The number of hydrogen-bond acceptors (Lipinski definition) is 8. The van der Waals surface area contributed by atoms with E-state index in [0.717, 1.165) is 83.8 Å². The molecule has 5 aromatic rings. The first-order chi connectivity index (χ1) is 18.3. The van der Waals surface area contributed by atoms with E-state index in [1.165, 1.54) is 19.3 Å². The molecular weight excluding hydrogens is 466 g/mol. The van der Waals surface area contributed by atoms with Crippen molar-refractivity contribution in [3.63, 3.8) is 0 Å². The summed E-state index contributed by atoms with van der Waals surface area (Å²) in [6, 6.07) is 5.99. The van der Waals surface area contributed by atoms with E-state index in [1.54, 1.807) is 6.20 Å². The molecule has 0 aromatic carbocycles. The Morgan fingerprint density at radius 1 is 0.865 bits per heavy atom. The minimum absolute atomic E-state index is 0.214. The lowest BCUT2D eigenvalue weighted by atomic mass is 10.1. The molecular formula is C27H29N9O. The van der Waals surface area contributed by atoms with Gasteiger partial charge in [0.1, 0.15) is 22.9 Å². The van der Waals surface area contributed by atoms with Gasteiger partial charge >= 0.3 is 0 Å². The number of anilines is 1. The predicted molar refractivity (Wildman–Crippen MR) is 143 cm³/mol. The number of fused-ring (bicyclic) bond motifs is 2. The minimum Gasteiger partial charge on any atom is -0.489 e. The second kappa shape index (κ2) is 9.44. The second-order valence-electron chi connectivity index (χ2n) is 9.83. The number of hydrogen-bond donors (Lipinski definition) is 3. The summed E-state index contributed by atoms with van der Waals surface area (Å²) in [4.78, 5) is 24.6. The quantitative estimate of drug-likeness (QED) is 0.334. The summed E-state index contributed by atoms with van der Waals surface area (Å²) in [5.74, 6) is 1.45. The van der Waals surface area contributed by atoms with Crippen LogP contribution in [0.25, 0.3) is 44.8 Å². The highest BCUT2D eigenvalue weighted by atomic mass is 16.5. The zero-order chi connectivity index (χ0) is 24.6. The first-order valence-corrected chi connectivity index (χ1v) is 13.1. The average molecular weight is 496 g/mol. The van der Waals surface area contributed by atoms with Crippen molar-refractivity contribution < 1.29 is 4.74 Å². The number of piperidine rings is 2. The molecule has 2 aliphatic heterocycles. The van der Waals surface area contributed by atoms with Gasteiger partial charge in [-0.25, -0.2) is 9.97 Å². The van der Waals surface area contributed by atoms with E-state index in [1.807, 2.05) is 36.8 Å². The highest BCUT2D eigenvalue weighted by Crippen LogP contribution is 2.32. The van der Waals surface area contributed by atoms with Crippen LogP contribution in [0.2, 0.25) is 0 Å². The molecule has 7 heterocycles. The molecule has 5 aromatic heterocycles. The largest absolute Gasteiger partial charge is 0.489 e. The maximum Gasteiger partial charge on any atom is 0.161 e. The van der Waals surface area contributed by atoms with Crippen molar-refractivity contribution in [1.82, 2.24) is 40.4 Å². The van der Waals surface area contributed by atoms with Gasteiger partial charge in [-0.05, 0) is 63.4 Å². The molecule has 10 nitrogen and oxygen atoms in total. The number of rotatable bonds is 5. The monoisotopic (exact) mass is 495 g/mol. The molecule has 0 amide bonds. The number of aromatic amines is 2. The Morgan fingerprint density at radius 2 is 1.73 bits per heavy atom. The molecule has 0 bridgehead atoms. The number of pyridine rings is 3. The van der Waals surface area contributed by atoms with Gasteiger partial charge < -0.3 is 19.9 Å². The van der Waals surface area contributed by atoms with Crippen LogP contribution in [0.1, 0.15) is 32.1 Å². The molecule has 10 heteroatoms. The summed E-state index contributed by atoms with van der Waals surface area (Å²) in [6.45, 7) is 4.04. The van der Waals surface area contributed by atoms with Crippen LogP contribution in [0, 0.1) is 0 Å². The third-order valence-electron chi connectivity index (χ3n) is 7.30. The van der Waals surface area contributed by atoms with Gasteiger partial charge in [0.2, 0.25) is 0 Å². The molecule has 3 N–H and O–H groups in total. The molecule has 0 unspecified atom stereocenters. The van der Waals surface area contributed by atoms with E-state index in [4.69, 9.17) is 14.7 Å². The van der Waals surface area contributed by atoms with Crippen LogP contribution in [0.15, 0.2) is 43.0 Å². The van der Waals surface area contributed by atoms with Gasteiger partial charge in [-0.1, -0.05) is 0 Å². The van der Waals surface area contributed by atoms with Crippen LogP contribution in [0.4, 0.5) is 5.69 Å². The van der Waals surface area contributed by atoms with E-state index in [-0.39, 0.29) is 6.10 Å². The molecule has 0 saturated carbocycles. The molecule has 188 valence electrons. The Morgan fingerprint density at radius 3 is 2.62 bits per heavy atom. The van der Waals surface area contributed by atoms with E-state index in [2.05, 4.69) is 35.4 Å². The van der Waals surface area contributed by atoms with Crippen LogP contribution in [0.5, 0.6) is 5.75 Å². The minimum atomic E-state index is 0.214. The number of ether oxygens (including phenoxy) is 1. The normalized spacial score (nSPS) is 17.0. The molecule has 2 aliphatic rings. The number of imidazole rings is 1. The molecule has 7 rings (SSSR count). The van der Waals surface area contributed by atoms with Gasteiger partial charge in [0.05, 0.1) is 41.0 Å². The fraction of sp³-hybridized carbons (Fsp3) is 0.370. The topological polar surface area (TPSA) is 121 Å². The highest BCUT2D eigenvalue weighted by Gasteiger charge is 2.20. The summed E-state index contributed by atoms with van der Waals surface area (Å²) in [6.07, 6.45) is 13.2. The van der Waals surface area contributed by atoms with Crippen LogP contribution in [-0.4, -0.2) is 67.4 Å². The van der Waals surface area contributed by atoms with Crippen LogP contribution in [-0.2, 0) is 0 Å². The summed E-state index contributed by atoms with van der Waals surface area (Å²) in [7, 11) is 0. The zero-order valence-corrected chi connectivity index (χ0v) is 20.6. The summed E-state index contributed by atoms with van der Waals surface area (Å²) >= 11 is 0. The molecule has 0 atom stereocenters. The molecule has 0 radical (unpaired) electrons. The van der Waals surface area contributed by atoms with Crippen molar-refractivity contribution in [1.29, 1.82) is 0 Å². The lowest BCUT2D eigenvalue weighted by Gasteiger charge is -2.28. The molecule has 2 saturated heterocycles. The standard InChI is InChI=1S/C27H29N9O/c1-2-10-36(11-3-1)23-16-30-15-22-24(23)33-27(32-22)26-25-21(34-35-26)5-4-20(31-25)17-12-19(14-29-13-17)37-18-6-8-28-9-7-18/h4-5,12-16,18,28H,1-3,6-11H2,(H,32,33)(H,34,35). The van der Waals surface area contributed by atoms with Gasteiger partial charge in [0.15, 0.2) is 11.5 Å². The van der Waals surface area contributed by atoms with Crippen LogP contribution >= 0.6 is 0 Å². The maximum atomic E-state index is 6.20. The Kier molecular flexibility index (Phi) is 5.65. The Bertz CT molecular complexity index is 1550. The fourth-order valence-electron chi connectivity index (χ4n) is 5.35. The fourth-order valence-corrected chi connectivity index (χ4v) is 5.35. The van der Waals surface area contributed by atoms with Crippen molar-refractivity contribution in [3.05, 3.63) is 43.0 Å². The van der Waals surface area contributed by atoms with Gasteiger partial charge in [0.25, 0.3) is 0 Å². The Labute approximate surface area is 213 Å². The van der Waals surface area contributed by atoms with Crippen molar-refractivity contribution in [2.24, 2.45) is 0 Å². The third-order valence-corrected chi connectivity index (χ3v) is 7.30. The molecule has 0 spiro atoms. The Hall–Kier alpha value is -4.05. The van der Waals surface area contributed by atoms with Crippen molar-refractivity contribution in [2.45, 2.75) is 38.2 Å². The van der Waals surface area contributed by atoms with Gasteiger partial charge in [-0.15, -0.1) is 0 Å². The van der Waals surface area contributed by atoms with Crippen molar-refractivity contribution in [2.75, 3.05) is 31.1 Å². The first kappa shape index (κ1) is 22.2. The van der Waals surface area contributed by atoms with E-state index >= 15 is 0 Å². The highest BCUT2D eigenvalue weighted by molar-refractivity contribution is 5.94. The first-order valence-electron chi connectivity index (χ1n) is 13.1. The second-order valence-corrected chi connectivity index (χ2v) is 9.83. The lowest BCUT2D eigenvalue weighted by molar-refractivity contribution is 0.162. The van der Waals surface area contributed by atoms with Gasteiger partial charge in [-0.3, -0.25) is 15.1 Å². The molecule has 0 aliphatic carbocycles. The average Bonchev–Trinajstić information content (AvgIpc) is 3.58. The summed E-state index contributed by atoms with van der Waals surface area (Å²) in [5, 5.41) is 11.1. The van der Waals surface area contributed by atoms with Gasteiger partial charge in [-0.2, -0.15) is 5.10 Å². The zero-order valence-electron chi connectivity index (χ0n) is 20.6. The van der Waals surface area contributed by atoms with Crippen LogP contribution in [0.3, 0.4) is 0 Å². The summed E-state index contributed by atoms with van der Waals surface area (Å²) in [5.41, 5.74) is 6.91. The third kappa shape index (κ3) is 4.27. The molecule has 2 fully saturated rings. The number of nitrogens with one attached hydrogen (secondary N) is 3. The molecule has 37 heavy (non-hydrogen) atoms. The smallest absolute Gasteiger partial charge is 0.161 e. The van der Waals surface area contributed by atoms with Gasteiger partial charge in [0, 0.05) is 24.8 Å². The van der Waals surface area contributed by atoms with Crippen molar-refractivity contribution in [3.8, 4) is 28.5 Å².